The number of carbonyl (C=O) groups excluding carboxylic acids is 2. The molecule has 0 aromatic rings. The van der Waals surface area contributed by atoms with E-state index in [1.54, 1.807) is 4.90 Å². The molecule has 1 N–H and O–H groups in total. The molecular formula is C16H26N2O2. The fraction of sp³-hybridized carbons (Fsp3) is 0.875. The molecule has 0 aromatic heterocycles. The minimum Gasteiger partial charge on any atom is -0.317 e. The highest BCUT2D eigenvalue weighted by molar-refractivity contribution is 6.05. The van der Waals surface area contributed by atoms with Gasteiger partial charge in [0.05, 0.1) is 5.41 Å². The van der Waals surface area contributed by atoms with Crippen molar-refractivity contribution >= 4 is 11.8 Å². The lowest BCUT2D eigenvalue weighted by atomic mass is 9.79. The summed E-state index contributed by atoms with van der Waals surface area (Å²) in [5.41, 5.74) is -0.319. The van der Waals surface area contributed by atoms with Crippen LogP contribution in [0.3, 0.4) is 0 Å². The number of nitrogens with one attached hydrogen (secondary N) is 1. The lowest BCUT2D eigenvalue weighted by Gasteiger charge is -2.29. The van der Waals surface area contributed by atoms with Crippen LogP contribution in [0.15, 0.2) is 0 Å². The summed E-state index contributed by atoms with van der Waals surface area (Å²) in [6.45, 7) is 2.71. The van der Waals surface area contributed by atoms with Crippen molar-refractivity contribution in [3.05, 3.63) is 0 Å². The van der Waals surface area contributed by atoms with Crippen LogP contribution in [0.25, 0.3) is 0 Å². The predicted molar refractivity (Wildman–Crippen MR) is 77.1 cm³/mol. The smallest absolute Gasteiger partial charge is 0.235 e. The Balaban J connectivity index is 1.69. The average molecular weight is 278 g/mol. The molecule has 2 amide bonds. The third-order valence-electron chi connectivity index (χ3n) is 5.45. The van der Waals surface area contributed by atoms with E-state index in [0.29, 0.717) is 18.9 Å². The normalized spacial score (nSPS) is 28.1. The van der Waals surface area contributed by atoms with E-state index in [1.165, 1.54) is 12.8 Å². The van der Waals surface area contributed by atoms with Crippen molar-refractivity contribution in [2.45, 2.75) is 57.8 Å². The van der Waals surface area contributed by atoms with Crippen molar-refractivity contribution in [2.24, 2.45) is 11.3 Å². The zero-order valence-corrected chi connectivity index (χ0v) is 12.3. The molecule has 0 atom stereocenters. The minimum absolute atomic E-state index is 0.0930. The number of likely N-dealkylation sites (tertiary alicyclic amines) is 1. The lowest BCUT2D eigenvalue weighted by molar-refractivity contribution is -0.142. The van der Waals surface area contributed by atoms with E-state index in [1.807, 2.05) is 0 Å². The van der Waals surface area contributed by atoms with Crippen molar-refractivity contribution in [3.63, 3.8) is 0 Å². The fourth-order valence-corrected chi connectivity index (χ4v) is 4.16. The Bertz CT molecular complexity index is 380. The monoisotopic (exact) mass is 278 g/mol. The van der Waals surface area contributed by atoms with Gasteiger partial charge in [0.1, 0.15) is 0 Å². The minimum atomic E-state index is -0.319. The Hall–Kier alpha value is -0.900. The maximum absolute atomic E-state index is 12.8. The van der Waals surface area contributed by atoms with Crippen LogP contribution < -0.4 is 5.32 Å². The highest BCUT2D eigenvalue weighted by Crippen LogP contribution is 2.44. The molecule has 0 bridgehead atoms. The van der Waals surface area contributed by atoms with Gasteiger partial charge in [0.25, 0.3) is 0 Å². The van der Waals surface area contributed by atoms with Crippen molar-refractivity contribution in [1.82, 2.24) is 10.2 Å². The molecule has 1 aliphatic carbocycles. The van der Waals surface area contributed by atoms with Gasteiger partial charge in [-0.05, 0) is 44.7 Å². The molecule has 20 heavy (non-hydrogen) atoms. The second-order valence-electron chi connectivity index (χ2n) is 6.87. The number of hydrogen-bond acceptors (Lipinski definition) is 3. The molecule has 0 aromatic carbocycles. The number of hydrogen-bond donors (Lipinski definition) is 1. The predicted octanol–water partition coefficient (Wildman–Crippen LogP) is 2.09. The standard InChI is InChI=1S/C16H26N2O2/c19-14-11-16(7-3-1-2-4-8-16)15(20)18(14)12-13-5-9-17-10-6-13/h13,17H,1-12H2. The zero-order chi connectivity index (χ0) is 14.0. The first-order valence-corrected chi connectivity index (χ1v) is 8.27. The molecule has 3 rings (SSSR count). The van der Waals surface area contributed by atoms with E-state index in [-0.39, 0.29) is 17.2 Å². The quantitative estimate of drug-likeness (QED) is 0.787. The highest BCUT2D eigenvalue weighted by atomic mass is 16.2. The van der Waals surface area contributed by atoms with Gasteiger partial charge in [0.2, 0.25) is 11.8 Å². The van der Waals surface area contributed by atoms with E-state index < -0.39 is 0 Å². The first kappa shape index (κ1) is 14.1. The van der Waals surface area contributed by atoms with Crippen LogP contribution in [0.1, 0.15) is 57.8 Å². The molecule has 1 saturated carbocycles. The Morgan fingerprint density at radius 2 is 1.70 bits per heavy atom. The molecule has 3 aliphatic rings. The lowest BCUT2D eigenvalue weighted by Crippen LogP contribution is -2.41. The SMILES string of the molecule is O=C1CC2(CCCCCC2)C(=O)N1CC1CCNCC1. The summed E-state index contributed by atoms with van der Waals surface area (Å²) in [5, 5.41) is 3.34. The highest BCUT2D eigenvalue weighted by Gasteiger charge is 2.51. The summed E-state index contributed by atoms with van der Waals surface area (Å²) in [5.74, 6) is 0.753. The fourth-order valence-electron chi connectivity index (χ4n) is 4.16. The molecule has 2 heterocycles. The van der Waals surface area contributed by atoms with E-state index in [4.69, 9.17) is 0 Å². The van der Waals surface area contributed by atoms with Gasteiger partial charge in [0, 0.05) is 13.0 Å². The average Bonchev–Trinajstić information content (AvgIpc) is 2.65. The Kier molecular flexibility index (Phi) is 4.11. The zero-order valence-electron chi connectivity index (χ0n) is 12.3. The Morgan fingerprint density at radius 3 is 2.35 bits per heavy atom. The van der Waals surface area contributed by atoms with E-state index in [2.05, 4.69) is 5.32 Å². The summed E-state index contributed by atoms with van der Waals surface area (Å²) >= 11 is 0. The van der Waals surface area contributed by atoms with Crippen LogP contribution in [0.5, 0.6) is 0 Å². The number of carbonyl (C=O) groups is 2. The first-order valence-electron chi connectivity index (χ1n) is 8.27. The first-order chi connectivity index (χ1) is 9.71. The molecule has 2 aliphatic heterocycles. The van der Waals surface area contributed by atoms with Gasteiger partial charge in [-0.2, -0.15) is 0 Å². The van der Waals surface area contributed by atoms with Crippen LogP contribution in [0.4, 0.5) is 0 Å². The van der Waals surface area contributed by atoms with Gasteiger partial charge in [-0.3, -0.25) is 14.5 Å². The Labute approximate surface area is 121 Å². The van der Waals surface area contributed by atoms with Gasteiger partial charge in [-0.25, -0.2) is 0 Å². The van der Waals surface area contributed by atoms with Gasteiger partial charge < -0.3 is 5.32 Å². The van der Waals surface area contributed by atoms with Gasteiger partial charge in [0.15, 0.2) is 0 Å². The van der Waals surface area contributed by atoms with E-state index >= 15 is 0 Å². The summed E-state index contributed by atoms with van der Waals surface area (Å²) in [6, 6.07) is 0. The molecule has 0 radical (unpaired) electrons. The summed E-state index contributed by atoms with van der Waals surface area (Å²) < 4.78 is 0. The maximum atomic E-state index is 12.8. The van der Waals surface area contributed by atoms with Crippen LogP contribution in [-0.4, -0.2) is 36.3 Å². The molecule has 4 nitrogen and oxygen atoms in total. The number of imide groups is 1. The van der Waals surface area contributed by atoms with Crippen molar-refractivity contribution in [2.75, 3.05) is 19.6 Å². The largest absolute Gasteiger partial charge is 0.317 e. The summed E-state index contributed by atoms with van der Waals surface area (Å²) in [4.78, 5) is 26.8. The third-order valence-corrected chi connectivity index (χ3v) is 5.45. The van der Waals surface area contributed by atoms with Crippen LogP contribution in [0.2, 0.25) is 0 Å². The number of rotatable bonds is 2. The van der Waals surface area contributed by atoms with Crippen molar-refractivity contribution in [3.8, 4) is 0 Å². The number of amides is 2. The van der Waals surface area contributed by atoms with Gasteiger partial charge >= 0.3 is 0 Å². The summed E-state index contributed by atoms with van der Waals surface area (Å²) in [7, 11) is 0. The van der Waals surface area contributed by atoms with Crippen LogP contribution >= 0.6 is 0 Å². The van der Waals surface area contributed by atoms with Gasteiger partial charge in [-0.1, -0.05) is 25.7 Å². The molecule has 4 heteroatoms. The van der Waals surface area contributed by atoms with Crippen molar-refractivity contribution in [1.29, 1.82) is 0 Å². The van der Waals surface area contributed by atoms with Gasteiger partial charge in [-0.15, -0.1) is 0 Å². The number of piperidine rings is 1. The molecular weight excluding hydrogens is 252 g/mol. The van der Waals surface area contributed by atoms with Crippen LogP contribution in [-0.2, 0) is 9.59 Å². The number of nitrogens with zero attached hydrogens (tertiary/aromatic N) is 1. The molecule has 1 spiro atoms. The van der Waals surface area contributed by atoms with E-state index in [0.717, 1.165) is 51.6 Å². The molecule has 112 valence electrons. The second-order valence-corrected chi connectivity index (χ2v) is 6.87. The van der Waals surface area contributed by atoms with E-state index in [9.17, 15) is 9.59 Å². The third kappa shape index (κ3) is 2.62. The molecule has 0 unspecified atom stereocenters. The summed E-state index contributed by atoms with van der Waals surface area (Å²) in [6.07, 6.45) is 9.18. The second kappa shape index (κ2) is 5.84. The topological polar surface area (TPSA) is 49.4 Å². The maximum Gasteiger partial charge on any atom is 0.235 e. The molecule has 2 saturated heterocycles. The Morgan fingerprint density at radius 1 is 1.05 bits per heavy atom. The van der Waals surface area contributed by atoms with Crippen molar-refractivity contribution < 1.29 is 9.59 Å². The van der Waals surface area contributed by atoms with Crippen LogP contribution in [0, 0.1) is 11.3 Å². The molecule has 3 fully saturated rings.